The summed E-state index contributed by atoms with van der Waals surface area (Å²) in [5.74, 6) is -1.10. The molecule has 2 aromatic rings. The topological polar surface area (TPSA) is 175 Å². The Morgan fingerprint density at radius 2 is 1.75 bits per heavy atom. The summed E-state index contributed by atoms with van der Waals surface area (Å²) >= 11 is 0. The van der Waals surface area contributed by atoms with Crippen molar-refractivity contribution >= 4 is 33.4 Å². The smallest absolute Gasteiger partial charge is 0.323 e. The lowest BCUT2D eigenvalue weighted by molar-refractivity contribution is -0.138. The SMILES string of the molecule is COc1ccc(S(=O)(=O)N[C@@H](CNC(=O)CC2CCN(c3ccc(C(=N)N)cc3)CC2)C(=O)O)cc1. The number of nitrogens with one attached hydrogen (secondary N) is 3. The van der Waals surface area contributed by atoms with E-state index in [9.17, 15) is 23.1 Å². The first-order valence-electron chi connectivity index (χ1n) is 11.4. The summed E-state index contributed by atoms with van der Waals surface area (Å²) in [6.07, 6.45) is 1.80. The number of carboxylic acids is 1. The number of carbonyl (C=O) groups is 2. The molecule has 2 aromatic carbocycles. The van der Waals surface area contributed by atoms with Crippen LogP contribution in [0.3, 0.4) is 0 Å². The maximum Gasteiger partial charge on any atom is 0.323 e. The molecule has 6 N–H and O–H groups in total. The molecule has 0 unspecified atom stereocenters. The fraction of sp³-hybridized carbons (Fsp3) is 0.375. The Morgan fingerprint density at radius 3 is 2.28 bits per heavy atom. The van der Waals surface area contributed by atoms with Gasteiger partial charge in [-0.05, 0) is 67.3 Å². The first kappa shape index (κ1) is 27.0. The molecule has 194 valence electrons. The van der Waals surface area contributed by atoms with Gasteiger partial charge in [0, 0.05) is 37.3 Å². The first-order valence-corrected chi connectivity index (χ1v) is 12.9. The Bertz CT molecular complexity index is 1180. The van der Waals surface area contributed by atoms with E-state index < -0.39 is 22.0 Å². The standard InChI is InChI=1S/C24H31N5O6S/c1-35-19-6-8-20(9-7-19)36(33,34)28-21(24(31)32)15-27-22(30)14-16-10-12-29(13-11-16)18-4-2-17(3-5-18)23(25)26/h2-9,16,21,28H,10-15H2,1H3,(H3,25,26)(H,27,30)(H,31,32)/t21-/m0/s1. The van der Waals surface area contributed by atoms with Gasteiger partial charge in [-0.1, -0.05) is 0 Å². The summed E-state index contributed by atoms with van der Waals surface area (Å²) in [6.45, 7) is 1.15. The molecule has 1 amide bonds. The number of anilines is 1. The lowest BCUT2D eigenvalue weighted by Gasteiger charge is -2.33. The van der Waals surface area contributed by atoms with Crippen molar-refractivity contribution < 1.29 is 27.9 Å². The average Bonchev–Trinajstić information content (AvgIpc) is 2.87. The number of sulfonamides is 1. The molecule has 1 saturated heterocycles. The van der Waals surface area contributed by atoms with Crippen molar-refractivity contribution in [3.8, 4) is 5.75 Å². The molecule has 12 heteroatoms. The average molecular weight is 518 g/mol. The summed E-state index contributed by atoms with van der Waals surface area (Å²) in [5.41, 5.74) is 7.18. The summed E-state index contributed by atoms with van der Waals surface area (Å²) in [4.78, 5) is 26.2. The van der Waals surface area contributed by atoms with E-state index in [2.05, 4.69) is 14.9 Å². The Hall–Kier alpha value is -3.64. The quantitative estimate of drug-likeness (QED) is 0.218. The van der Waals surface area contributed by atoms with Gasteiger partial charge in [-0.25, -0.2) is 8.42 Å². The van der Waals surface area contributed by atoms with E-state index in [1.807, 2.05) is 12.1 Å². The number of rotatable bonds is 11. The predicted molar refractivity (Wildman–Crippen MR) is 135 cm³/mol. The van der Waals surface area contributed by atoms with Gasteiger partial charge in [0.2, 0.25) is 15.9 Å². The van der Waals surface area contributed by atoms with Crippen molar-refractivity contribution in [1.82, 2.24) is 10.0 Å². The fourth-order valence-electron chi connectivity index (χ4n) is 3.99. The molecular weight excluding hydrogens is 486 g/mol. The molecule has 36 heavy (non-hydrogen) atoms. The molecule has 1 fully saturated rings. The number of aliphatic carboxylic acids is 1. The second kappa shape index (κ2) is 11.9. The van der Waals surface area contributed by atoms with E-state index in [1.165, 1.54) is 31.4 Å². The molecule has 0 saturated carbocycles. The second-order valence-corrected chi connectivity index (χ2v) is 10.3. The Labute approximate surface area is 210 Å². The maximum absolute atomic E-state index is 12.6. The molecule has 1 atom stereocenters. The Balaban J connectivity index is 1.48. The molecule has 1 aliphatic heterocycles. The second-order valence-electron chi connectivity index (χ2n) is 8.59. The summed E-state index contributed by atoms with van der Waals surface area (Å²) in [5, 5.41) is 19.5. The van der Waals surface area contributed by atoms with Crippen LogP contribution in [0, 0.1) is 11.3 Å². The van der Waals surface area contributed by atoms with Crippen molar-refractivity contribution in [3.05, 3.63) is 54.1 Å². The van der Waals surface area contributed by atoms with Crippen LogP contribution in [-0.4, -0.2) is 64.0 Å². The molecule has 0 bridgehead atoms. The number of methoxy groups -OCH3 is 1. The van der Waals surface area contributed by atoms with Crippen LogP contribution in [0.2, 0.25) is 0 Å². The third-order valence-corrected chi connectivity index (χ3v) is 7.59. The molecule has 1 aliphatic rings. The van der Waals surface area contributed by atoms with Crippen LogP contribution in [0.15, 0.2) is 53.4 Å². The fourth-order valence-corrected chi connectivity index (χ4v) is 5.18. The van der Waals surface area contributed by atoms with Crippen LogP contribution in [-0.2, 0) is 19.6 Å². The van der Waals surface area contributed by atoms with Crippen molar-refractivity contribution in [2.45, 2.75) is 30.2 Å². The number of nitrogen functional groups attached to an aromatic ring is 1. The zero-order chi connectivity index (χ0) is 26.3. The largest absolute Gasteiger partial charge is 0.497 e. The lowest BCUT2D eigenvalue weighted by Crippen LogP contribution is -2.48. The van der Waals surface area contributed by atoms with E-state index in [4.69, 9.17) is 15.9 Å². The van der Waals surface area contributed by atoms with Gasteiger partial charge in [-0.2, -0.15) is 4.72 Å². The molecule has 3 rings (SSSR count). The van der Waals surface area contributed by atoms with Gasteiger partial charge in [-0.15, -0.1) is 0 Å². The van der Waals surface area contributed by atoms with Crippen LogP contribution in [0.25, 0.3) is 0 Å². The summed E-state index contributed by atoms with van der Waals surface area (Å²) in [7, 11) is -2.66. The number of nitrogens with zero attached hydrogens (tertiary/aromatic N) is 1. The minimum absolute atomic E-state index is 0.0185. The third-order valence-electron chi connectivity index (χ3n) is 6.10. The van der Waals surface area contributed by atoms with Crippen molar-refractivity contribution in [3.63, 3.8) is 0 Å². The van der Waals surface area contributed by atoms with Crippen LogP contribution >= 0.6 is 0 Å². The van der Waals surface area contributed by atoms with Gasteiger partial charge in [0.05, 0.1) is 12.0 Å². The minimum Gasteiger partial charge on any atom is -0.497 e. The molecule has 0 aliphatic carbocycles. The number of piperidine rings is 1. The van der Waals surface area contributed by atoms with E-state index in [0.717, 1.165) is 31.6 Å². The van der Waals surface area contributed by atoms with E-state index in [-0.39, 0.29) is 35.5 Å². The number of carboxylic acid groups (broad SMARTS) is 1. The van der Waals surface area contributed by atoms with Crippen LogP contribution in [0.1, 0.15) is 24.8 Å². The highest BCUT2D eigenvalue weighted by molar-refractivity contribution is 7.89. The molecule has 1 heterocycles. The Morgan fingerprint density at radius 1 is 1.14 bits per heavy atom. The first-order chi connectivity index (χ1) is 17.1. The highest BCUT2D eigenvalue weighted by Gasteiger charge is 2.27. The van der Waals surface area contributed by atoms with Gasteiger partial charge in [0.15, 0.2) is 0 Å². The number of hydrogen-bond donors (Lipinski definition) is 5. The Kier molecular flexibility index (Phi) is 8.88. The third kappa shape index (κ3) is 7.18. The van der Waals surface area contributed by atoms with E-state index in [1.54, 1.807) is 12.1 Å². The number of benzene rings is 2. The van der Waals surface area contributed by atoms with Gasteiger partial charge < -0.3 is 25.8 Å². The highest BCUT2D eigenvalue weighted by Crippen LogP contribution is 2.25. The maximum atomic E-state index is 12.6. The minimum atomic E-state index is -4.11. The number of amides is 1. The molecular formula is C24H31N5O6S. The van der Waals surface area contributed by atoms with Gasteiger partial charge in [0.1, 0.15) is 17.6 Å². The zero-order valence-corrected chi connectivity index (χ0v) is 20.8. The van der Waals surface area contributed by atoms with Crippen molar-refractivity contribution in [2.24, 2.45) is 11.7 Å². The molecule has 0 spiro atoms. The van der Waals surface area contributed by atoms with Crippen LogP contribution < -0.4 is 25.4 Å². The van der Waals surface area contributed by atoms with Gasteiger partial charge in [-0.3, -0.25) is 15.0 Å². The van der Waals surface area contributed by atoms with Crippen LogP contribution in [0.5, 0.6) is 5.75 Å². The number of ether oxygens (including phenoxy) is 1. The summed E-state index contributed by atoms with van der Waals surface area (Å²) in [6, 6.07) is 11.5. The highest BCUT2D eigenvalue weighted by atomic mass is 32.2. The van der Waals surface area contributed by atoms with E-state index >= 15 is 0 Å². The number of amidine groups is 1. The molecule has 0 aromatic heterocycles. The monoisotopic (exact) mass is 517 g/mol. The normalized spacial score (nSPS) is 15.2. The zero-order valence-electron chi connectivity index (χ0n) is 19.9. The van der Waals surface area contributed by atoms with Crippen LogP contribution in [0.4, 0.5) is 5.69 Å². The summed E-state index contributed by atoms with van der Waals surface area (Å²) < 4.78 is 32.2. The molecule has 0 radical (unpaired) electrons. The van der Waals surface area contributed by atoms with Gasteiger partial charge >= 0.3 is 5.97 Å². The number of hydrogen-bond acceptors (Lipinski definition) is 7. The van der Waals surface area contributed by atoms with Crippen molar-refractivity contribution in [2.75, 3.05) is 31.6 Å². The molecule has 11 nitrogen and oxygen atoms in total. The number of nitrogens with two attached hydrogens (primary N) is 1. The van der Waals surface area contributed by atoms with E-state index in [0.29, 0.717) is 11.3 Å². The predicted octanol–water partition coefficient (Wildman–Crippen LogP) is 1.13. The lowest BCUT2D eigenvalue weighted by atomic mass is 9.93. The van der Waals surface area contributed by atoms with Crippen molar-refractivity contribution in [1.29, 1.82) is 5.41 Å². The number of carbonyl (C=O) groups excluding carboxylic acids is 1. The van der Waals surface area contributed by atoms with Gasteiger partial charge in [0.25, 0.3) is 0 Å².